The molecule has 0 saturated carbocycles. The van der Waals surface area contributed by atoms with Crippen LogP contribution in [-0.4, -0.2) is 34.5 Å². The standard InChI is InChI=1S/C14H17ClINO3/c1-9(2)17(7-3-4-13(18)19)14(20)11-8-10(15)5-6-12(11)16/h5-6,8-9H,3-4,7H2,1-2H3,(H,18,19). The summed E-state index contributed by atoms with van der Waals surface area (Å²) in [6, 6.07) is 5.19. The normalized spacial score (nSPS) is 10.7. The number of nitrogens with zero attached hydrogens (tertiary/aromatic N) is 1. The van der Waals surface area contributed by atoms with Gasteiger partial charge in [0, 0.05) is 27.6 Å². The van der Waals surface area contributed by atoms with Crippen molar-refractivity contribution in [3.05, 3.63) is 32.4 Å². The van der Waals surface area contributed by atoms with E-state index in [0.29, 0.717) is 23.6 Å². The Bertz CT molecular complexity index is 505. The Balaban J connectivity index is 2.88. The van der Waals surface area contributed by atoms with Gasteiger partial charge in [-0.25, -0.2) is 0 Å². The van der Waals surface area contributed by atoms with E-state index in [-0.39, 0.29) is 18.4 Å². The number of carboxylic acid groups (broad SMARTS) is 1. The highest BCUT2D eigenvalue weighted by Gasteiger charge is 2.21. The van der Waals surface area contributed by atoms with Crippen LogP contribution in [0.2, 0.25) is 5.02 Å². The van der Waals surface area contributed by atoms with Crippen molar-refractivity contribution in [2.24, 2.45) is 0 Å². The van der Waals surface area contributed by atoms with Gasteiger partial charge < -0.3 is 10.0 Å². The molecule has 0 aromatic heterocycles. The number of amides is 1. The molecule has 0 spiro atoms. The molecule has 4 nitrogen and oxygen atoms in total. The minimum Gasteiger partial charge on any atom is -0.481 e. The highest BCUT2D eigenvalue weighted by Crippen LogP contribution is 2.20. The predicted octanol–water partition coefficient (Wildman–Crippen LogP) is 3.66. The molecule has 0 unspecified atom stereocenters. The zero-order valence-electron chi connectivity index (χ0n) is 11.4. The summed E-state index contributed by atoms with van der Waals surface area (Å²) in [7, 11) is 0. The SMILES string of the molecule is CC(C)N(CCCC(=O)O)C(=O)c1cc(Cl)ccc1I. The van der Waals surface area contributed by atoms with Crippen molar-refractivity contribution in [2.45, 2.75) is 32.7 Å². The van der Waals surface area contributed by atoms with E-state index in [9.17, 15) is 9.59 Å². The van der Waals surface area contributed by atoms with Crippen LogP contribution in [0.1, 0.15) is 37.0 Å². The summed E-state index contributed by atoms with van der Waals surface area (Å²) in [5, 5.41) is 9.20. The number of rotatable bonds is 6. The molecule has 0 aliphatic heterocycles. The lowest BCUT2D eigenvalue weighted by Gasteiger charge is -2.27. The van der Waals surface area contributed by atoms with Crippen molar-refractivity contribution in [3.8, 4) is 0 Å². The number of carbonyl (C=O) groups is 2. The third-order valence-electron chi connectivity index (χ3n) is 2.83. The van der Waals surface area contributed by atoms with Crippen LogP contribution in [0.3, 0.4) is 0 Å². The molecule has 6 heteroatoms. The average Bonchev–Trinajstić information content (AvgIpc) is 2.36. The first-order valence-corrected chi connectivity index (χ1v) is 7.76. The van der Waals surface area contributed by atoms with Crippen LogP contribution in [0.5, 0.6) is 0 Å². The van der Waals surface area contributed by atoms with Gasteiger partial charge in [-0.15, -0.1) is 0 Å². The van der Waals surface area contributed by atoms with Gasteiger partial charge in [0.25, 0.3) is 5.91 Å². The maximum absolute atomic E-state index is 12.6. The number of benzene rings is 1. The Morgan fingerprint density at radius 1 is 1.40 bits per heavy atom. The lowest BCUT2D eigenvalue weighted by molar-refractivity contribution is -0.137. The van der Waals surface area contributed by atoms with Crippen LogP contribution >= 0.6 is 34.2 Å². The van der Waals surface area contributed by atoms with Gasteiger partial charge in [0.2, 0.25) is 0 Å². The summed E-state index contributed by atoms with van der Waals surface area (Å²) in [6.07, 6.45) is 0.500. The van der Waals surface area contributed by atoms with E-state index in [2.05, 4.69) is 22.6 Å². The molecule has 1 aromatic carbocycles. The summed E-state index contributed by atoms with van der Waals surface area (Å²) in [5.74, 6) is -0.962. The molecule has 1 aromatic rings. The smallest absolute Gasteiger partial charge is 0.303 e. The summed E-state index contributed by atoms with van der Waals surface area (Å²) < 4.78 is 0.834. The molecule has 1 N–H and O–H groups in total. The molecule has 0 aliphatic rings. The second-order valence-electron chi connectivity index (χ2n) is 4.71. The Morgan fingerprint density at radius 3 is 2.60 bits per heavy atom. The first kappa shape index (κ1) is 17.2. The van der Waals surface area contributed by atoms with Crippen LogP contribution in [-0.2, 0) is 4.79 Å². The fraction of sp³-hybridized carbons (Fsp3) is 0.429. The number of carbonyl (C=O) groups excluding carboxylic acids is 1. The van der Waals surface area contributed by atoms with E-state index >= 15 is 0 Å². The average molecular weight is 410 g/mol. The van der Waals surface area contributed by atoms with Crippen LogP contribution < -0.4 is 0 Å². The summed E-state index contributed by atoms with van der Waals surface area (Å²) in [4.78, 5) is 24.8. The van der Waals surface area contributed by atoms with Crippen molar-refractivity contribution in [1.29, 1.82) is 0 Å². The third-order valence-corrected chi connectivity index (χ3v) is 4.01. The summed E-state index contributed by atoms with van der Waals surface area (Å²) in [6.45, 7) is 4.25. The maximum Gasteiger partial charge on any atom is 0.303 e. The van der Waals surface area contributed by atoms with E-state index in [1.54, 1.807) is 23.1 Å². The third kappa shape index (κ3) is 4.94. The summed E-state index contributed by atoms with van der Waals surface area (Å²) >= 11 is 8.04. The Hall–Kier alpha value is -0.820. The molecule has 0 aliphatic carbocycles. The molecule has 1 amide bonds. The van der Waals surface area contributed by atoms with Gasteiger partial charge in [-0.3, -0.25) is 9.59 Å². The van der Waals surface area contributed by atoms with Crippen LogP contribution in [0.4, 0.5) is 0 Å². The minimum absolute atomic E-state index is 0.00563. The Labute approximate surface area is 137 Å². The Morgan fingerprint density at radius 2 is 2.05 bits per heavy atom. The molecule has 0 radical (unpaired) electrons. The number of halogens is 2. The topological polar surface area (TPSA) is 57.6 Å². The van der Waals surface area contributed by atoms with Crippen molar-refractivity contribution >= 4 is 46.1 Å². The van der Waals surface area contributed by atoms with Crippen LogP contribution in [0, 0.1) is 3.57 Å². The summed E-state index contributed by atoms with van der Waals surface area (Å²) in [5.41, 5.74) is 0.558. The number of hydrogen-bond acceptors (Lipinski definition) is 2. The fourth-order valence-electron chi connectivity index (χ4n) is 1.81. The number of hydrogen-bond donors (Lipinski definition) is 1. The predicted molar refractivity (Wildman–Crippen MR) is 87.2 cm³/mol. The van der Waals surface area contributed by atoms with Gasteiger partial charge in [-0.1, -0.05) is 11.6 Å². The molecule has 1 rings (SSSR count). The quantitative estimate of drug-likeness (QED) is 0.730. The van der Waals surface area contributed by atoms with Crippen molar-refractivity contribution < 1.29 is 14.7 Å². The second-order valence-corrected chi connectivity index (χ2v) is 6.31. The largest absolute Gasteiger partial charge is 0.481 e. The molecular weight excluding hydrogens is 393 g/mol. The van der Waals surface area contributed by atoms with E-state index in [0.717, 1.165) is 3.57 Å². The van der Waals surface area contributed by atoms with Gasteiger partial charge in [0.1, 0.15) is 0 Å². The highest BCUT2D eigenvalue weighted by atomic mass is 127. The molecule has 0 heterocycles. The lowest BCUT2D eigenvalue weighted by Crippen LogP contribution is -2.38. The first-order valence-electron chi connectivity index (χ1n) is 6.30. The van der Waals surface area contributed by atoms with Crippen molar-refractivity contribution in [2.75, 3.05) is 6.54 Å². The van der Waals surface area contributed by atoms with Gasteiger partial charge in [-0.2, -0.15) is 0 Å². The lowest BCUT2D eigenvalue weighted by atomic mass is 10.1. The van der Waals surface area contributed by atoms with Crippen LogP contribution in [0.15, 0.2) is 18.2 Å². The fourth-order valence-corrected chi connectivity index (χ4v) is 2.55. The second kappa shape index (κ2) is 7.83. The van der Waals surface area contributed by atoms with Gasteiger partial charge in [0.05, 0.1) is 5.56 Å². The molecule has 0 saturated heterocycles. The first-order chi connectivity index (χ1) is 9.32. The molecular formula is C14H17ClINO3. The highest BCUT2D eigenvalue weighted by molar-refractivity contribution is 14.1. The minimum atomic E-state index is -0.849. The van der Waals surface area contributed by atoms with E-state index in [1.165, 1.54) is 0 Å². The van der Waals surface area contributed by atoms with E-state index in [1.807, 2.05) is 13.8 Å². The molecule has 0 fully saturated rings. The van der Waals surface area contributed by atoms with Gasteiger partial charge in [0.15, 0.2) is 0 Å². The molecule has 0 bridgehead atoms. The van der Waals surface area contributed by atoms with E-state index < -0.39 is 5.97 Å². The van der Waals surface area contributed by atoms with E-state index in [4.69, 9.17) is 16.7 Å². The van der Waals surface area contributed by atoms with Crippen molar-refractivity contribution in [3.63, 3.8) is 0 Å². The molecule has 0 atom stereocenters. The monoisotopic (exact) mass is 409 g/mol. The van der Waals surface area contributed by atoms with Gasteiger partial charge >= 0.3 is 5.97 Å². The molecule has 20 heavy (non-hydrogen) atoms. The number of aliphatic carboxylic acids is 1. The maximum atomic E-state index is 12.6. The van der Waals surface area contributed by atoms with Crippen LogP contribution in [0.25, 0.3) is 0 Å². The molecule has 110 valence electrons. The zero-order chi connectivity index (χ0) is 15.3. The zero-order valence-corrected chi connectivity index (χ0v) is 14.3. The van der Waals surface area contributed by atoms with Crippen molar-refractivity contribution in [1.82, 2.24) is 4.90 Å². The number of carboxylic acids is 1. The van der Waals surface area contributed by atoms with Gasteiger partial charge in [-0.05, 0) is 61.1 Å². The Kier molecular flexibility index (Phi) is 6.75.